The fraction of sp³-hybridized carbons (Fsp3) is 0.600. The molecule has 1 aromatic carbocycles. The van der Waals surface area contributed by atoms with Gasteiger partial charge in [-0.25, -0.2) is 13.1 Å². The molecule has 1 aliphatic rings. The van der Waals surface area contributed by atoms with Crippen LogP contribution in [-0.4, -0.2) is 14.5 Å². The lowest BCUT2D eigenvalue weighted by atomic mass is 10.0. The van der Waals surface area contributed by atoms with Gasteiger partial charge < -0.3 is 5.73 Å². The van der Waals surface area contributed by atoms with Crippen LogP contribution in [0.5, 0.6) is 0 Å². The molecular formula is C15H23ClN2O2S. The average Bonchev–Trinajstić information content (AvgIpc) is 2.73. The van der Waals surface area contributed by atoms with Crippen molar-refractivity contribution in [3.8, 4) is 0 Å². The van der Waals surface area contributed by atoms with Crippen LogP contribution in [0.25, 0.3) is 0 Å². The van der Waals surface area contributed by atoms with E-state index in [2.05, 4.69) is 32.4 Å². The average molecular weight is 331 g/mol. The van der Waals surface area contributed by atoms with Crippen LogP contribution < -0.4 is 10.5 Å². The Bertz CT molecular complexity index is 667. The molecule has 1 saturated carbocycles. The molecule has 0 amide bonds. The molecular weight excluding hydrogens is 308 g/mol. The van der Waals surface area contributed by atoms with E-state index in [1.54, 1.807) is 13.0 Å². The van der Waals surface area contributed by atoms with E-state index >= 15 is 0 Å². The van der Waals surface area contributed by atoms with E-state index < -0.39 is 10.0 Å². The van der Waals surface area contributed by atoms with Gasteiger partial charge in [-0.3, -0.25) is 0 Å². The van der Waals surface area contributed by atoms with Gasteiger partial charge >= 0.3 is 0 Å². The van der Waals surface area contributed by atoms with Crippen LogP contribution in [0.15, 0.2) is 17.0 Å². The van der Waals surface area contributed by atoms with Gasteiger partial charge in [0.2, 0.25) is 10.0 Å². The number of rotatable bonds is 4. The molecule has 0 aromatic heterocycles. The highest BCUT2D eigenvalue weighted by atomic mass is 35.5. The highest BCUT2D eigenvalue weighted by Gasteiger charge is 2.66. The Morgan fingerprint density at radius 1 is 1.24 bits per heavy atom. The monoisotopic (exact) mass is 330 g/mol. The summed E-state index contributed by atoms with van der Waals surface area (Å²) in [5, 5.41) is 0.385. The van der Waals surface area contributed by atoms with Gasteiger partial charge in [0.25, 0.3) is 0 Å². The smallest absolute Gasteiger partial charge is 0.241 e. The van der Waals surface area contributed by atoms with E-state index in [9.17, 15) is 8.42 Å². The largest absolute Gasteiger partial charge is 0.326 e. The molecule has 0 spiro atoms. The summed E-state index contributed by atoms with van der Waals surface area (Å²) in [5.74, 6) is 0. The zero-order chi connectivity index (χ0) is 16.2. The molecule has 1 aliphatic carbocycles. The minimum Gasteiger partial charge on any atom is -0.326 e. The Balaban J connectivity index is 2.41. The second kappa shape index (κ2) is 4.95. The molecule has 0 heterocycles. The molecule has 3 N–H and O–H groups in total. The summed E-state index contributed by atoms with van der Waals surface area (Å²) in [6.07, 6.45) is 0. The Labute approximate surface area is 132 Å². The van der Waals surface area contributed by atoms with Gasteiger partial charge in [0.15, 0.2) is 0 Å². The quantitative estimate of drug-likeness (QED) is 0.891. The van der Waals surface area contributed by atoms with Crippen molar-refractivity contribution in [2.75, 3.05) is 0 Å². The van der Waals surface area contributed by atoms with E-state index in [4.69, 9.17) is 17.3 Å². The number of hydrogen-bond acceptors (Lipinski definition) is 3. The van der Waals surface area contributed by atoms with Crippen LogP contribution >= 0.6 is 11.6 Å². The van der Waals surface area contributed by atoms with Crippen LogP contribution in [0.1, 0.15) is 38.8 Å². The first-order valence-electron chi connectivity index (χ1n) is 6.96. The zero-order valence-electron chi connectivity index (χ0n) is 13.1. The lowest BCUT2D eigenvalue weighted by molar-refractivity contribution is 0.457. The maximum absolute atomic E-state index is 12.7. The second-order valence-electron chi connectivity index (χ2n) is 6.89. The topological polar surface area (TPSA) is 72.2 Å². The molecule has 0 bridgehead atoms. The normalized spacial score (nSPS) is 20.5. The van der Waals surface area contributed by atoms with Crippen molar-refractivity contribution in [1.82, 2.24) is 4.72 Å². The van der Waals surface area contributed by atoms with Crippen molar-refractivity contribution < 1.29 is 8.42 Å². The SMILES string of the molecule is Cc1c(CN)cc(Cl)cc1S(=O)(=O)NC1C(C)(C)C1(C)C. The molecule has 1 aromatic rings. The summed E-state index contributed by atoms with van der Waals surface area (Å²) >= 11 is 6.02. The number of halogens is 1. The number of nitrogens with two attached hydrogens (primary N) is 1. The zero-order valence-corrected chi connectivity index (χ0v) is 14.7. The second-order valence-corrected chi connectivity index (χ2v) is 9.01. The number of sulfonamides is 1. The molecule has 0 aliphatic heterocycles. The van der Waals surface area contributed by atoms with Gasteiger partial charge in [-0.1, -0.05) is 39.3 Å². The van der Waals surface area contributed by atoms with Crippen molar-refractivity contribution in [1.29, 1.82) is 0 Å². The Kier molecular flexibility index (Phi) is 3.94. The summed E-state index contributed by atoms with van der Waals surface area (Å²) in [6, 6.07) is 3.11. The number of hydrogen-bond donors (Lipinski definition) is 2. The Morgan fingerprint density at radius 3 is 2.19 bits per heavy atom. The van der Waals surface area contributed by atoms with Gasteiger partial charge in [0.05, 0.1) is 4.90 Å². The maximum Gasteiger partial charge on any atom is 0.241 e. The van der Waals surface area contributed by atoms with E-state index in [0.717, 1.165) is 5.56 Å². The number of nitrogens with one attached hydrogen (secondary N) is 1. The fourth-order valence-electron chi connectivity index (χ4n) is 2.91. The van der Waals surface area contributed by atoms with Crippen LogP contribution in [0.3, 0.4) is 0 Å². The van der Waals surface area contributed by atoms with Crippen molar-refractivity contribution >= 4 is 21.6 Å². The molecule has 0 unspecified atom stereocenters. The predicted molar refractivity (Wildman–Crippen MR) is 85.8 cm³/mol. The summed E-state index contributed by atoms with van der Waals surface area (Å²) < 4.78 is 28.2. The summed E-state index contributed by atoms with van der Waals surface area (Å²) in [7, 11) is -3.61. The van der Waals surface area contributed by atoms with Crippen LogP contribution in [0.2, 0.25) is 5.02 Å². The van der Waals surface area contributed by atoms with Crippen molar-refractivity contribution in [3.63, 3.8) is 0 Å². The summed E-state index contributed by atoms with van der Waals surface area (Å²) in [5.41, 5.74) is 6.93. The van der Waals surface area contributed by atoms with Crippen molar-refractivity contribution in [2.24, 2.45) is 16.6 Å². The minimum absolute atomic E-state index is 0.0662. The Morgan fingerprint density at radius 2 is 1.76 bits per heavy atom. The number of benzene rings is 1. The molecule has 2 rings (SSSR count). The maximum atomic E-state index is 12.7. The van der Waals surface area contributed by atoms with Gasteiger partial charge in [-0.15, -0.1) is 0 Å². The van der Waals surface area contributed by atoms with Gasteiger partial charge in [-0.2, -0.15) is 0 Å². The third-order valence-corrected chi connectivity index (χ3v) is 7.00. The lowest BCUT2D eigenvalue weighted by Crippen LogP contribution is -2.30. The van der Waals surface area contributed by atoms with Gasteiger partial charge in [0, 0.05) is 17.6 Å². The van der Waals surface area contributed by atoms with Crippen LogP contribution in [-0.2, 0) is 16.6 Å². The lowest BCUT2D eigenvalue weighted by Gasteiger charge is -2.14. The third-order valence-electron chi connectivity index (χ3n) is 5.24. The molecule has 0 saturated heterocycles. The highest BCUT2D eigenvalue weighted by molar-refractivity contribution is 7.89. The molecule has 118 valence electrons. The first-order chi connectivity index (χ1) is 9.45. The Hall–Kier alpha value is -0.620. The minimum atomic E-state index is -3.61. The fourth-order valence-corrected chi connectivity index (χ4v) is 5.06. The first-order valence-corrected chi connectivity index (χ1v) is 8.82. The van der Waals surface area contributed by atoms with Crippen LogP contribution in [0.4, 0.5) is 0 Å². The highest BCUT2D eigenvalue weighted by Crippen LogP contribution is 2.63. The summed E-state index contributed by atoms with van der Waals surface area (Å²) in [4.78, 5) is 0.217. The molecule has 0 atom stereocenters. The molecule has 6 heteroatoms. The van der Waals surface area contributed by atoms with E-state index in [-0.39, 0.29) is 28.3 Å². The third kappa shape index (κ3) is 2.61. The standard InChI is InChI=1S/C15H23ClN2O2S/c1-9-10(8-17)6-11(16)7-12(9)21(19,20)18-13-14(2,3)15(13,4)5/h6-7,13,18H,8,17H2,1-5H3. The van der Waals surface area contributed by atoms with E-state index in [0.29, 0.717) is 10.6 Å². The van der Waals surface area contributed by atoms with Crippen molar-refractivity contribution in [3.05, 3.63) is 28.3 Å². The van der Waals surface area contributed by atoms with E-state index in [1.165, 1.54) is 6.07 Å². The first kappa shape index (κ1) is 16.7. The van der Waals surface area contributed by atoms with Crippen LogP contribution in [0, 0.1) is 17.8 Å². The van der Waals surface area contributed by atoms with Gasteiger partial charge in [-0.05, 0) is 41.0 Å². The molecule has 4 nitrogen and oxygen atoms in total. The van der Waals surface area contributed by atoms with Gasteiger partial charge in [0.1, 0.15) is 0 Å². The predicted octanol–water partition coefficient (Wildman–Crippen LogP) is 2.82. The molecule has 1 fully saturated rings. The molecule has 21 heavy (non-hydrogen) atoms. The summed E-state index contributed by atoms with van der Waals surface area (Å²) in [6.45, 7) is 10.3. The van der Waals surface area contributed by atoms with Crippen molar-refractivity contribution in [2.45, 2.75) is 52.1 Å². The van der Waals surface area contributed by atoms with E-state index in [1.807, 2.05) is 0 Å². The molecule has 0 radical (unpaired) electrons.